The molecule has 0 saturated heterocycles. The van der Waals surface area contributed by atoms with Crippen molar-refractivity contribution < 1.29 is 4.79 Å². The Balaban J connectivity index is 1.52. The number of carbonyl (C=O) groups excluding carboxylic acids is 1. The minimum atomic E-state index is -0.0127. The van der Waals surface area contributed by atoms with Gasteiger partial charge in [-0.2, -0.15) is 0 Å². The Bertz CT molecular complexity index is 810. The van der Waals surface area contributed by atoms with Gasteiger partial charge in [-0.1, -0.05) is 47.7 Å². The zero-order chi connectivity index (χ0) is 16.9. The summed E-state index contributed by atoms with van der Waals surface area (Å²) >= 11 is 3.02. The zero-order valence-corrected chi connectivity index (χ0v) is 15.2. The molecule has 2 heterocycles. The number of carbonyl (C=O) groups is 1. The monoisotopic (exact) mass is 358 g/mol. The lowest BCUT2D eigenvalue weighted by Gasteiger charge is -2.06. The summed E-state index contributed by atoms with van der Waals surface area (Å²) in [4.78, 5) is 13.1. The fourth-order valence-electron chi connectivity index (χ4n) is 2.15. The number of thiophene rings is 1. The molecule has 0 aliphatic rings. The molecule has 0 fully saturated rings. The van der Waals surface area contributed by atoms with Crippen molar-refractivity contribution in [2.24, 2.45) is 7.05 Å². The number of nitrogens with one attached hydrogen (secondary N) is 1. The topological polar surface area (TPSA) is 59.8 Å². The summed E-state index contributed by atoms with van der Waals surface area (Å²) in [7, 11) is 1.92. The molecule has 1 N–H and O–H groups in total. The highest BCUT2D eigenvalue weighted by molar-refractivity contribution is 7.99. The number of thioether (sulfide) groups is 1. The van der Waals surface area contributed by atoms with Crippen LogP contribution in [0.15, 0.2) is 46.9 Å². The quantitative estimate of drug-likeness (QED) is 0.687. The van der Waals surface area contributed by atoms with Crippen LogP contribution < -0.4 is 5.32 Å². The first-order valence-corrected chi connectivity index (χ1v) is 9.38. The zero-order valence-electron chi connectivity index (χ0n) is 13.5. The van der Waals surface area contributed by atoms with Gasteiger partial charge in [0.15, 0.2) is 11.0 Å². The van der Waals surface area contributed by atoms with E-state index in [0.29, 0.717) is 12.3 Å². The van der Waals surface area contributed by atoms with E-state index in [1.54, 1.807) is 11.3 Å². The molecule has 0 saturated carbocycles. The fraction of sp³-hybridized carbons (Fsp3) is 0.235. The van der Waals surface area contributed by atoms with E-state index in [0.717, 1.165) is 21.4 Å². The van der Waals surface area contributed by atoms with Gasteiger partial charge in [0.25, 0.3) is 0 Å². The summed E-state index contributed by atoms with van der Waals surface area (Å²) in [6.45, 7) is 2.59. The van der Waals surface area contributed by atoms with Crippen molar-refractivity contribution in [2.75, 3.05) is 5.75 Å². The van der Waals surface area contributed by atoms with Crippen molar-refractivity contribution in [3.8, 4) is 10.7 Å². The van der Waals surface area contributed by atoms with Crippen molar-refractivity contribution in [3.05, 3.63) is 52.9 Å². The predicted molar refractivity (Wildman–Crippen MR) is 98.1 cm³/mol. The number of hydrogen-bond acceptors (Lipinski definition) is 5. The second-order valence-electron chi connectivity index (χ2n) is 5.39. The molecule has 0 spiro atoms. The molecule has 1 amide bonds. The molecule has 0 bridgehead atoms. The number of hydrogen-bond donors (Lipinski definition) is 1. The summed E-state index contributed by atoms with van der Waals surface area (Å²) in [6, 6.07) is 12.1. The molecule has 0 atom stereocenters. The summed E-state index contributed by atoms with van der Waals surface area (Å²) in [5, 5.41) is 14.1. The molecule has 7 heteroatoms. The smallest absolute Gasteiger partial charge is 0.230 e. The van der Waals surface area contributed by atoms with Gasteiger partial charge in [0.05, 0.1) is 10.6 Å². The van der Waals surface area contributed by atoms with Crippen LogP contribution in [0.4, 0.5) is 0 Å². The van der Waals surface area contributed by atoms with Crippen LogP contribution in [0.3, 0.4) is 0 Å². The number of amides is 1. The molecule has 124 valence electrons. The highest BCUT2D eigenvalue weighted by Gasteiger charge is 2.13. The molecule has 2 aromatic heterocycles. The van der Waals surface area contributed by atoms with Crippen LogP contribution >= 0.6 is 23.1 Å². The Morgan fingerprint density at radius 3 is 2.75 bits per heavy atom. The Morgan fingerprint density at radius 1 is 1.25 bits per heavy atom. The van der Waals surface area contributed by atoms with Gasteiger partial charge in [0.2, 0.25) is 5.91 Å². The summed E-state index contributed by atoms with van der Waals surface area (Å²) in [5.74, 6) is 1.14. The first-order valence-electron chi connectivity index (χ1n) is 7.52. The number of benzene rings is 1. The second-order valence-corrected chi connectivity index (χ2v) is 7.28. The maximum atomic E-state index is 12.0. The molecule has 0 radical (unpaired) electrons. The van der Waals surface area contributed by atoms with Crippen LogP contribution in [0.25, 0.3) is 10.7 Å². The van der Waals surface area contributed by atoms with Crippen LogP contribution in [0.2, 0.25) is 0 Å². The van der Waals surface area contributed by atoms with Gasteiger partial charge in [-0.15, -0.1) is 21.5 Å². The van der Waals surface area contributed by atoms with Crippen LogP contribution in [0.1, 0.15) is 11.1 Å². The van der Waals surface area contributed by atoms with Crippen LogP contribution in [0.5, 0.6) is 0 Å². The fourth-order valence-corrected chi connectivity index (χ4v) is 3.63. The van der Waals surface area contributed by atoms with Gasteiger partial charge in [-0.3, -0.25) is 4.79 Å². The maximum Gasteiger partial charge on any atom is 0.230 e. The minimum absolute atomic E-state index is 0.0127. The molecule has 3 aromatic rings. The van der Waals surface area contributed by atoms with Gasteiger partial charge in [0, 0.05) is 13.6 Å². The Kier molecular flexibility index (Phi) is 5.32. The third kappa shape index (κ3) is 4.04. The third-order valence-corrected chi connectivity index (χ3v) is 5.41. The van der Waals surface area contributed by atoms with Crippen molar-refractivity contribution in [1.82, 2.24) is 20.1 Å². The SMILES string of the molecule is Cc1ccc(CNC(=O)CSc2nnc(-c3cccs3)n2C)cc1. The number of nitrogens with zero attached hydrogens (tertiary/aromatic N) is 3. The second kappa shape index (κ2) is 7.63. The number of aromatic nitrogens is 3. The summed E-state index contributed by atoms with van der Waals surface area (Å²) in [5.41, 5.74) is 2.31. The minimum Gasteiger partial charge on any atom is -0.351 e. The Hall–Kier alpha value is -2.12. The van der Waals surface area contributed by atoms with E-state index in [9.17, 15) is 4.79 Å². The van der Waals surface area contributed by atoms with E-state index in [1.165, 1.54) is 17.3 Å². The predicted octanol–water partition coefficient (Wildman–Crippen LogP) is 3.26. The maximum absolute atomic E-state index is 12.0. The molecule has 5 nitrogen and oxygen atoms in total. The van der Waals surface area contributed by atoms with Gasteiger partial charge in [-0.05, 0) is 23.9 Å². The highest BCUT2D eigenvalue weighted by atomic mass is 32.2. The largest absolute Gasteiger partial charge is 0.351 e. The standard InChI is InChI=1S/C17H18N4OS2/c1-12-5-7-13(8-6-12)10-18-15(22)11-24-17-20-19-16(21(17)2)14-4-3-9-23-14/h3-9H,10-11H2,1-2H3,(H,18,22). The van der Waals surface area contributed by atoms with E-state index >= 15 is 0 Å². The van der Waals surface area contributed by atoms with E-state index < -0.39 is 0 Å². The average Bonchev–Trinajstić information content (AvgIpc) is 3.22. The molecular weight excluding hydrogens is 340 g/mol. The molecule has 0 unspecified atom stereocenters. The average molecular weight is 358 g/mol. The first kappa shape index (κ1) is 16.7. The van der Waals surface area contributed by atoms with Crippen molar-refractivity contribution >= 4 is 29.0 Å². The van der Waals surface area contributed by atoms with Crippen LogP contribution in [0, 0.1) is 6.92 Å². The molecule has 3 rings (SSSR count). The Morgan fingerprint density at radius 2 is 2.04 bits per heavy atom. The van der Waals surface area contributed by atoms with Crippen molar-refractivity contribution in [2.45, 2.75) is 18.6 Å². The lowest BCUT2D eigenvalue weighted by molar-refractivity contribution is -0.118. The van der Waals surface area contributed by atoms with Crippen molar-refractivity contribution in [3.63, 3.8) is 0 Å². The van der Waals surface area contributed by atoms with E-state index in [4.69, 9.17) is 0 Å². The van der Waals surface area contributed by atoms with Gasteiger partial charge < -0.3 is 9.88 Å². The molecule has 24 heavy (non-hydrogen) atoms. The van der Waals surface area contributed by atoms with E-state index in [-0.39, 0.29) is 5.91 Å². The van der Waals surface area contributed by atoms with Gasteiger partial charge in [0.1, 0.15) is 0 Å². The molecular formula is C17H18N4OS2. The van der Waals surface area contributed by atoms with Crippen LogP contribution in [-0.4, -0.2) is 26.4 Å². The molecule has 1 aromatic carbocycles. The number of aryl methyl sites for hydroxylation is 1. The summed E-state index contributed by atoms with van der Waals surface area (Å²) in [6.07, 6.45) is 0. The highest BCUT2D eigenvalue weighted by Crippen LogP contribution is 2.25. The number of rotatable bonds is 6. The lowest BCUT2D eigenvalue weighted by atomic mass is 10.1. The molecule has 0 aliphatic heterocycles. The Labute approximate surface area is 149 Å². The lowest BCUT2D eigenvalue weighted by Crippen LogP contribution is -2.24. The third-order valence-electron chi connectivity index (χ3n) is 3.52. The van der Waals surface area contributed by atoms with E-state index in [2.05, 4.69) is 15.5 Å². The normalized spacial score (nSPS) is 10.8. The molecule has 0 aliphatic carbocycles. The summed E-state index contributed by atoms with van der Waals surface area (Å²) < 4.78 is 1.92. The van der Waals surface area contributed by atoms with Crippen LogP contribution in [-0.2, 0) is 18.4 Å². The van der Waals surface area contributed by atoms with E-state index in [1.807, 2.05) is 60.3 Å². The van der Waals surface area contributed by atoms with Gasteiger partial charge >= 0.3 is 0 Å². The van der Waals surface area contributed by atoms with Crippen molar-refractivity contribution in [1.29, 1.82) is 0 Å². The van der Waals surface area contributed by atoms with Gasteiger partial charge in [-0.25, -0.2) is 0 Å². The first-order chi connectivity index (χ1) is 11.6.